The van der Waals surface area contributed by atoms with E-state index in [-0.39, 0.29) is 29.9 Å². The van der Waals surface area contributed by atoms with Crippen LogP contribution in [0.15, 0.2) is 42.5 Å². The number of rotatable bonds is 7. The fourth-order valence-corrected chi connectivity index (χ4v) is 4.12. The molecule has 0 saturated heterocycles. The molecule has 0 aliphatic heterocycles. The molecule has 1 saturated carbocycles. The highest BCUT2D eigenvalue weighted by molar-refractivity contribution is 5.95. The molecule has 0 bridgehead atoms. The lowest BCUT2D eigenvalue weighted by Gasteiger charge is -2.36. The Labute approximate surface area is 184 Å². The molecule has 0 spiro atoms. The van der Waals surface area contributed by atoms with Crippen LogP contribution in [-0.2, 0) is 6.18 Å². The number of primary amides is 1. The third kappa shape index (κ3) is 5.72. The van der Waals surface area contributed by atoms with Crippen molar-refractivity contribution in [3.63, 3.8) is 0 Å². The molecule has 6 nitrogen and oxygen atoms in total. The van der Waals surface area contributed by atoms with Crippen LogP contribution in [-0.4, -0.2) is 41.8 Å². The Kier molecular flexibility index (Phi) is 7.30. The van der Waals surface area contributed by atoms with E-state index in [1.54, 1.807) is 6.07 Å². The summed E-state index contributed by atoms with van der Waals surface area (Å²) < 4.78 is 38.3. The summed E-state index contributed by atoms with van der Waals surface area (Å²) >= 11 is 0. The minimum absolute atomic E-state index is 0.0339. The number of halogens is 3. The topological polar surface area (TPSA) is 98.8 Å². The van der Waals surface area contributed by atoms with Gasteiger partial charge in [-0.25, -0.2) is 0 Å². The van der Waals surface area contributed by atoms with Crippen molar-refractivity contribution < 1.29 is 28.2 Å². The summed E-state index contributed by atoms with van der Waals surface area (Å²) in [6.45, 7) is 0.285. The highest BCUT2D eigenvalue weighted by atomic mass is 19.4. The number of hydrogen-bond donors (Lipinski definition) is 4. The first-order valence-electron chi connectivity index (χ1n) is 10.5. The SMILES string of the molecule is CN(c1ccc(C(F)(F)F)cc1)C1CCC(NCC(O)c2ccc(O)c(C(N)=O)c2)CC1. The number of alkyl halides is 3. The largest absolute Gasteiger partial charge is 0.507 e. The van der Waals surface area contributed by atoms with Gasteiger partial charge >= 0.3 is 6.18 Å². The van der Waals surface area contributed by atoms with Gasteiger partial charge in [0, 0.05) is 31.4 Å². The van der Waals surface area contributed by atoms with E-state index in [9.17, 15) is 28.2 Å². The fourth-order valence-electron chi connectivity index (χ4n) is 4.12. The van der Waals surface area contributed by atoms with Crippen LogP contribution in [0.5, 0.6) is 5.75 Å². The molecule has 0 radical (unpaired) electrons. The normalized spacial score (nSPS) is 20.0. The van der Waals surface area contributed by atoms with Crippen molar-refractivity contribution >= 4 is 11.6 Å². The second-order valence-electron chi connectivity index (χ2n) is 8.23. The zero-order valence-electron chi connectivity index (χ0n) is 17.8. The van der Waals surface area contributed by atoms with Crippen molar-refractivity contribution in [3.05, 3.63) is 59.2 Å². The van der Waals surface area contributed by atoms with E-state index < -0.39 is 23.8 Å². The van der Waals surface area contributed by atoms with E-state index in [0.29, 0.717) is 5.56 Å². The van der Waals surface area contributed by atoms with Crippen LogP contribution in [0.3, 0.4) is 0 Å². The standard InChI is InChI=1S/C23H28F3N3O3/c1-29(17-7-3-15(4-8-17)23(24,25)26)18-9-5-16(6-10-18)28-13-21(31)14-2-11-20(30)19(12-14)22(27)32/h2-4,7-8,11-12,16,18,21,28,30-31H,5-6,9-10,13H2,1H3,(H2,27,32). The van der Waals surface area contributed by atoms with Gasteiger partial charge in [0.15, 0.2) is 0 Å². The monoisotopic (exact) mass is 451 g/mol. The van der Waals surface area contributed by atoms with Crippen LogP contribution in [0.4, 0.5) is 18.9 Å². The number of carbonyl (C=O) groups excluding carboxylic acids is 1. The minimum Gasteiger partial charge on any atom is -0.507 e. The zero-order chi connectivity index (χ0) is 23.5. The first kappa shape index (κ1) is 23.9. The number of aromatic hydroxyl groups is 1. The second-order valence-corrected chi connectivity index (χ2v) is 8.23. The Morgan fingerprint density at radius 1 is 1.16 bits per heavy atom. The lowest BCUT2D eigenvalue weighted by Crippen LogP contribution is -2.42. The molecule has 3 rings (SSSR count). The van der Waals surface area contributed by atoms with Crippen LogP contribution in [0.25, 0.3) is 0 Å². The van der Waals surface area contributed by atoms with E-state index in [4.69, 9.17) is 5.73 Å². The summed E-state index contributed by atoms with van der Waals surface area (Å²) in [6.07, 6.45) is -1.73. The van der Waals surface area contributed by atoms with Gasteiger partial charge in [0.05, 0.1) is 17.2 Å². The molecular formula is C23H28F3N3O3. The Morgan fingerprint density at radius 2 is 1.78 bits per heavy atom. The van der Waals surface area contributed by atoms with E-state index in [2.05, 4.69) is 5.32 Å². The van der Waals surface area contributed by atoms with Gasteiger partial charge < -0.3 is 26.2 Å². The van der Waals surface area contributed by atoms with Crippen LogP contribution in [0.1, 0.15) is 53.3 Å². The molecule has 1 unspecified atom stereocenters. The smallest absolute Gasteiger partial charge is 0.416 e. The molecule has 0 heterocycles. The number of phenols is 1. The maximum Gasteiger partial charge on any atom is 0.416 e. The average Bonchev–Trinajstić information content (AvgIpc) is 2.77. The van der Waals surface area contributed by atoms with Crippen LogP contribution in [0, 0.1) is 0 Å². The fraction of sp³-hybridized carbons (Fsp3) is 0.435. The highest BCUT2D eigenvalue weighted by Gasteiger charge is 2.30. The first-order valence-corrected chi connectivity index (χ1v) is 10.5. The molecule has 2 aromatic carbocycles. The lowest BCUT2D eigenvalue weighted by molar-refractivity contribution is -0.137. The quantitative estimate of drug-likeness (QED) is 0.516. The number of anilines is 1. The van der Waals surface area contributed by atoms with Crippen LogP contribution >= 0.6 is 0 Å². The van der Waals surface area contributed by atoms with E-state index >= 15 is 0 Å². The molecule has 9 heteroatoms. The lowest BCUT2D eigenvalue weighted by atomic mass is 9.90. The molecule has 0 aromatic heterocycles. The molecular weight excluding hydrogens is 423 g/mol. The Balaban J connectivity index is 1.49. The number of nitrogens with one attached hydrogen (secondary N) is 1. The molecule has 5 N–H and O–H groups in total. The highest BCUT2D eigenvalue weighted by Crippen LogP contribution is 2.32. The number of benzene rings is 2. The molecule has 1 amide bonds. The van der Waals surface area contributed by atoms with Crippen LogP contribution < -0.4 is 16.0 Å². The number of aliphatic hydroxyl groups is 1. The van der Waals surface area contributed by atoms with E-state index in [0.717, 1.165) is 43.5 Å². The second kappa shape index (κ2) is 9.79. The summed E-state index contributed by atoms with van der Waals surface area (Å²) in [6, 6.07) is 9.91. The summed E-state index contributed by atoms with van der Waals surface area (Å²) in [5, 5.41) is 23.4. The van der Waals surface area contributed by atoms with Crippen molar-refractivity contribution in [2.45, 2.75) is 50.0 Å². The Hall–Kier alpha value is -2.78. The number of amides is 1. The summed E-state index contributed by atoms with van der Waals surface area (Å²) in [5.74, 6) is -0.989. The van der Waals surface area contributed by atoms with Crippen molar-refractivity contribution in [2.75, 3.05) is 18.5 Å². The van der Waals surface area contributed by atoms with Gasteiger partial charge in [0.25, 0.3) is 5.91 Å². The van der Waals surface area contributed by atoms with Gasteiger partial charge in [-0.15, -0.1) is 0 Å². The zero-order valence-corrected chi connectivity index (χ0v) is 17.8. The van der Waals surface area contributed by atoms with Gasteiger partial charge in [0.2, 0.25) is 0 Å². The van der Waals surface area contributed by atoms with Gasteiger partial charge in [-0.05, 0) is 67.6 Å². The van der Waals surface area contributed by atoms with Crippen molar-refractivity contribution in [2.24, 2.45) is 5.73 Å². The maximum atomic E-state index is 12.8. The summed E-state index contributed by atoms with van der Waals surface area (Å²) in [5.41, 5.74) is 5.78. The van der Waals surface area contributed by atoms with Crippen molar-refractivity contribution in [1.29, 1.82) is 0 Å². The predicted molar refractivity (Wildman–Crippen MR) is 115 cm³/mol. The molecule has 1 fully saturated rings. The van der Waals surface area contributed by atoms with Gasteiger partial charge in [0.1, 0.15) is 5.75 Å². The number of aliphatic hydroxyl groups excluding tert-OH is 1. The summed E-state index contributed by atoms with van der Waals surface area (Å²) in [7, 11) is 1.89. The molecule has 1 aliphatic carbocycles. The number of nitrogens with two attached hydrogens (primary N) is 1. The van der Waals surface area contributed by atoms with Gasteiger partial charge in [-0.1, -0.05) is 6.07 Å². The molecule has 1 atom stereocenters. The average molecular weight is 451 g/mol. The van der Waals surface area contributed by atoms with E-state index in [1.165, 1.54) is 24.3 Å². The molecule has 174 valence electrons. The number of carbonyl (C=O) groups is 1. The predicted octanol–water partition coefficient (Wildman–Crippen LogP) is 3.58. The third-order valence-electron chi connectivity index (χ3n) is 6.12. The molecule has 32 heavy (non-hydrogen) atoms. The van der Waals surface area contributed by atoms with E-state index in [1.807, 2.05) is 11.9 Å². The number of nitrogens with zero attached hydrogens (tertiary/aromatic N) is 1. The molecule has 1 aliphatic rings. The number of hydrogen-bond acceptors (Lipinski definition) is 5. The van der Waals surface area contributed by atoms with Crippen molar-refractivity contribution in [1.82, 2.24) is 5.32 Å². The third-order valence-corrected chi connectivity index (χ3v) is 6.12. The first-order chi connectivity index (χ1) is 15.1. The van der Waals surface area contributed by atoms with Crippen molar-refractivity contribution in [3.8, 4) is 5.75 Å². The maximum absolute atomic E-state index is 12.8. The molecule has 2 aromatic rings. The Morgan fingerprint density at radius 3 is 2.34 bits per heavy atom. The summed E-state index contributed by atoms with van der Waals surface area (Å²) in [4.78, 5) is 13.4. The Bertz CT molecular complexity index is 926. The van der Waals surface area contributed by atoms with Gasteiger partial charge in [-0.3, -0.25) is 4.79 Å². The van der Waals surface area contributed by atoms with Gasteiger partial charge in [-0.2, -0.15) is 13.2 Å². The van der Waals surface area contributed by atoms with Crippen LogP contribution in [0.2, 0.25) is 0 Å². The minimum atomic E-state index is -4.34.